The molecule has 3 amide bonds. The van der Waals surface area contributed by atoms with Gasteiger partial charge in [-0.25, -0.2) is 19.6 Å². The fourth-order valence-corrected chi connectivity index (χ4v) is 3.71. The van der Waals surface area contributed by atoms with Gasteiger partial charge in [-0.2, -0.15) is 0 Å². The number of hydrogen-bond acceptors (Lipinski definition) is 7. The number of carbonyl (C=O) groups is 2. The number of pyridine rings is 2. The summed E-state index contributed by atoms with van der Waals surface area (Å²) in [5.74, 6) is 0.480. The van der Waals surface area contributed by atoms with Crippen LogP contribution in [-0.4, -0.2) is 76.7 Å². The molecule has 174 valence electrons. The quantitative estimate of drug-likeness (QED) is 0.586. The zero-order valence-electron chi connectivity index (χ0n) is 18.7. The number of nitrogens with one attached hydrogen (secondary N) is 2. The van der Waals surface area contributed by atoms with E-state index in [1.807, 2.05) is 28.9 Å². The van der Waals surface area contributed by atoms with Crippen LogP contribution in [0.25, 0.3) is 5.65 Å². The molecule has 2 N–H and O–H groups in total. The molecule has 3 aromatic heterocycles. The van der Waals surface area contributed by atoms with Crippen molar-refractivity contribution in [1.82, 2.24) is 29.5 Å². The summed E-state index contributed by atoms with van der Waals surface area (Å²) < 4.78 is 11.8. The summed E-state index contributed by atoms with van der Waals surface area (Å²) >= 11 is 0. The number of aromatic nitrogens is 3. The third-order valence-electron chi connectivity index (χ3n) is 5.45. The number of ether oxygens (including phenoxy) is 2. The molecule has 0 unspecified atom stereocenters. The molecule has 0 spiro atoms. The van der Waals surface area contributed by atoms with Crippen LogP contribution >= 0.6 is 0 Å². The van der Waals surface area contributed by atoms with Gasteiger partial charge < -0.3 is 29.4 Å². The molecule has 3 aromatic rings. The monoisotopic (exact) mass is 453 g/mol. The van der Waals surface area contributed by atoms with Crippen molar-refractivity contribution in [3.8, 4) is 5.88 Å². The number of imidazole rings is 1. The Labute approximate surface area is 191 Å². The summed E-state index contributed by atoms with van der Waals surface area (Å²) in [7, 11) is 2.94. The Kier molecular flexibility index (Phi) is 6.89. The van der Waals surface area contributed by atoms with Crippen molar-refractivity contribution in [1.29, 1.82) is 0 Å². The topological polar surface area (TPSA) is 113 Å². The molecule has 0 aromatic carbocycles. The lowest BCUT2D eigenvalue weighted by Crippen LogP contribution is -2.48. The number of anilines is 1. The molecule has 1 aliphatic heterocycles. The molecule has 0 saturated carbocycles. The van der Waals surface area contributed by atoms with Gasteiger partial charge in [-0.05, 0) is 12.1 Å². The highest BCUT2D eigenvalue weighted by atomic mass is 16.5. The van der Waals surface area contributed by atoms with Crippen molar-refractivity contribution in [2.45, 2.75) is 13.1 Å². The normalized spacial score (nSPS) is 14.2. The predicted molar refractivity (Wildman–Crippen MR) is 121 cm³/mol. The number of piperazine rings is 1. The number of methoxy groups -OCH3 is 2. The first-order valence-electron chi connectivity index (χ1n) is 10.6. The molecule has 33 heavy (non-hydrogen) atoms. The maximum atomic E-state index is 12.3. The Morgan fingerprint density at radius 3 is 2.64 bits per heavy atom. The van der Waals surface area contributed by atoms with Crippen LogP contribution in [0.5, 0.6) is 5.88 Å². The van der Waals surface area contributed by atoms with Gasteiger partial charge in [0.1, 0.15) is 5.65 Å². The summed E-state index contributed by atoms with van der Waals surface area (Å²) in [6.45, 7) is 3.81. The molecule has 0 atom stereocenters. The number of fused-ring (bicyclic) bond motifs is 1. The van der Waals surface area contributed by atoms with Crippen LogP contribution < -0.4 is 15.4 Å². The van der Waals surface area contributed by atoms with Crippen LogP contribution in [0.1, 0.15) is 11.3 Å². The number of carbonyl (C=O) groups excluding carboxylic acids is 2. The average Bonchev–Trinajstić information content (AvgIpc) is 3.26. The molecule has 11 nitrogen and oxygen atoms in total. The van der Waals surface area contributed by atoms with Crippen LogP contribution in [0.4, 0.5) is 15.3 Å². The van der Waals surface area contributed by atoms with Gasteiger partial charge in [-0.15, -0.1) is 0 Å². The molecular weight excluding hydrogens is 426 g/mol. The van der Waals surface area contributed by atoms with E-state index in [2.05, 4.69) is 20.5 Å². The second kappa shape index (κ2) is 10.2. The van der Waals surface area contributed by atoms with Crippen molar-refractivity contribution in [3.63, 3.8) is 0 Å². The first-order chi connectivity index (χ1) is 16.1. The lowest BCUT2D eigenvalue weighted by molar-refractivity contribution is 0.0885. The van der Waals surface area contributed by atoms with Gasteiger partial charge in [-0.3, -0.25) is 4.90 Å². The Morgan fingerprint density at radius 2 is 1.94 bits per heavy atom. The molecule has 4 rings (SSSR count). The minimum absolute atomic E-state index is 0.285. The second-order valence-corrected chi connectivity index (χ2v) is 7.63. The van der Waals surface area contributed by atoms with Crippen LogP contribution in [0.3, 0.4) is 0 Å². The fourth-order valence-electron chi connectivity index (χ4n) is 3.71. The third kappa shape index (κ3) is 5.50. The Morgan fingerprint density at radius 1 is 1.12 bits per heavy atom. The highest BCUT2D eigenvalue weighted by Gasteiger charge is 2.22. The van der Waals surface area contributed by atoms with E-state index in [0.29, 0.717) is 37.7 Å². The molecule has 4 heterocycles. The SMILES string of the molecule is COC(=O)N1CCN(Cc2cn3cccc(CNC(=O)Nc4ccc(OC)nc4)c3n2)CC1. The molecule has 1 fully saturated rings. The van der Waals surface area contributed by atoms with Gasteiger partial charge in [0.05, 0.1) is 31.8 Å². The smallest absolute Gasteiger partial charge is 0.409 e. The van der Waals surface area contributed by atoms with Gasteiger partial charge in [-0.1, -0.05) is 6.07 Å². The van der Waals surface area contributed by atoms with Crippen molar-refractivity contribution < 1.29 is 19.1 Å². The van der Waals surface area contributed by atoms with E-state index in [4.69, 9.17) is 14.5 Å². The molecule has 0 bridgehead atoms. The predicted octanol–water partition coefficient (Wildman–Crippen LogP) is 1.94. The van der Waals surface area contributed by atoms with E-state index >= 15 is 0 Å². The van der Waals surface area contributed by atoms with Gasteiger partial charge in [0.25, 0.3) is 0 Å². The van der Waals surface area contributed by atoms with Crippen LogP contribution in [0.2, 0.25) is 0 Å². The third-order valence-corrected chi connectivity index (χ3v) is 5.45. The summed E-state index contributed by atoms with van der Waals surface area (Å²) in [4.78, 5) is 36.8. The number of rotatable bonds is 6. The lowest BCUT2D eigenvalue weighted by atomic mass is 10.2. The Hall–Kier alpha value is -3.86. The van der Waals surface area contributed by atoms with Crippen LogP contribution in [0, 0.1) is 0 Å². The molecule has 1 aliphatic rings. The van der Waals surface area contributed by atoms with Gasteiger partial charge in [0.15, 0.2) is 0 Å². The zero-order valence-corrected chi connectivity index (χ0v) is 18.7. The largest absolute Gasteiger partial charge is 0.481 e. The standard InChI is InChI=1S/C22H27N7O4/c1-32-19-6-5-17(13-23-19)26-21(30)24-12-16-4-3-7-29-15-18(25-20(16)29)14-27-8-10-28(11-9-27)22(31)33-2/h3-7,13,15H,8-12,14H2,1-2H3,(H2,24,26,30). The first kappa shape index (κ1) is 22.3. The van der Waals surface area contributed by atoms with Gasteiger partial charge in [0, 0.05) is 63.3 Å². The Bertz CT molecular complexity index is 1110. The molecule has 0 radical (unpaired) electrons. The summed E-state index contributed by atoms with van der Waals surface area (Å²) in [5.41, 5.74) is 3.21. The highest BCUT2D eigenvalue weighted by Crippen LogP contribution is 2.15. The molecule has 0 aliphatic carbocycles. The van der Waals surface area contributed by atoms with Crippen molar-refractivity contribution in [3.05, 3.63) is 54.1 Å². The zero-order chi connectivity index (χ0) is 23.2. The van der Waals surface area contributed by atoms with E-state index in [0.717, 1.165) is 30.0 Å². The van der Waals surface area contributed by atoms with Crippen molar-refractivity contribution in [2.75, 3.05) is 45.7 Å². The minimum atomic E-state index is -0.334. The number of hydrogen-bond donors (Lipinski definition) is 2. The van der Waals surface area contributed by atoms with Crippen molar-refractivity contribution in [2.24, 2.45) is 0 Å². The van der Waals surface area contributed by atoms with E-state index in [9.17, 15) is 9.59 Å². The lowest BCUT2D eigenvalue weighted by Gasteiger charge is -2.33. The number of nitrogens with zero attached hydrogens (tertiary/aromatic N) is 5. The molecule has 11 heteroatoms. The number of amides is 3. The summed E-state index contributed by atoms with van der Waals surface area (Å²) in [5, 5.41) is 5.61. The second-order valence-electron chi connectivity index (χ2n) is 7.63. The van der Waals surface area contributed by atoms with Gasteiger partial charge in [0.2, 0.25) is 5.88 Å². The van der Waals surface area contributed by atoms with Crippen LogP contribution in [0.15, 0.2) is 42.9 Å². The maximum absolute atomic E-state index is 12.3. The van der Waals surface area contributed by atoms with Crippen molar-refractivity contribution >= 4 is 23.5 Å². The summed E-state index contributed by atoms with van der Waals surface area (Å²) in [6.07, 6.45) is 5.18. The molecular formula is C22H27N7O4. The van der Waals surface area contributed by atoms with E-state index in [-0.39, 0.29) is 12.1 Å². The summed E-state index contributed by atoms with van der Waals surface area (Å²) in [6, 6.07) is 6.93. The Balaban J connectivity index is 1.34. The first-order valence-corrected chi connectivity index (χ1v) is 10.6. The minimum Gasteiger partial charge on any atom is -0.481 e. The highest BCUT2D eigenvalue weighted by molar-refractivity contribution is 5.89. The maximum Gasteiger partial charge on any atom is 0.409 e. The number of urea groups is 1. The average molecular weight is 454 g/mol. The fraction of sp³-hybridized carbons (Fsp3) is 0.364. The van der Waals surface area contributed by atoms with Gasteiger partial charge >= 0.3 is 12.1 Å². The van der Waals surface area contributed by atoms with Crippen LogP contribution in [-0.2, 0) is 17.8 Å². The van der Waals surface area contributed by atoms with E-state index < -0.39 is 0 Å². The van der Waals surface area contributed by atoms with E-state index in [1.54, 1.807) is 17.0 Å². The van der Waals surface area contributed by atoms with E-state index in [1.165, 1.54) is 20.4 Å². The molecule has 1 saturated heterocycles.